The summed E-state index contributed by atoms with van der Waals surface area (Å²) >= 11 is 8.94. The number of benzene rings is 1. The van der Waals surface area contributed by atoms with E-state index in [1.54, 1.807) is 0 Å². The van der Waals surface area contributed by atoms with Crippen molar-refractivity contribution in [1.82, 2.24) is 10.2 Å². The van der Waals surface area contributed by atoms with Crippen LogP contribution in [0, 0.1) is 0 Å². The van der Waals surface area contributed by atoms with Gasteiger partial charge in [-0.2, -0.15) is 0 Å². The molecule has 0 bridgehead atoms. The van der Waals surface area contributed by atoms with E-state index in [-0.39, 0.29) is 0 Å². The Morgan fingerprint density at radius 1 is 1.44 bits per heavy atom. The van der Waals surface area contributed by atoms with Gasteiger partial charge in [-0.25, -0.2) is 0 Å². The van der Waals surface area contributed by atoms with Gasteiger partial charge in [0, 0.05) is 24.1 Å². The van der Waals surface area contributed by atoms with E-state index in [0.29, 0.717) is 6.04 Å². The fourth-order valence-corrected chi connectivity index (χ4v) is 3.01. The molecule has 1 aromatic rings. The number of rotatable bonds is 3. The van der Waals surface area contributed by atoms with Crippen molar-refractivity contribution >= 4 is 33.3 Å². The molecular weight excluding hydrogens is 308 g/mol. The van der Waals surface area contributed by atoms with Crippen molar-refractivity contribution in [2.75, 3.05) is 7.05 Å². The highest BCUT2D eigenvalue weighted by molar-refractivity contribution is 9.10. The van der Waals surface area contributed by atoms with Crippen molar-refractivity contribution < 1.29 is 0 Å². The fraction of sp³-hybridized carbons (Fsp3) is 0.500. The van der Waals surface area contributed by atoms with Gasteiger partial charge >= 0.3 is 0 Å². The summed E-state index contributed by atoms with van der Waals surface area (Å²) in [6.07, 6.45) is 5.17. The van der Waals surface area contributed by atoms with Crippen molar-refractivity contribution in [3.63, 3.8) is 0 Å². The highest BCUT2D eigenvalue weighted by atomic mass is 79.9. The van der Waals surface area contributed by atoms with E-state index in [1.807, 2.05) is 13.1 Å². The Kier molecular flexibility index (Phi) is 5.01. The quantitative estimate of drug-likeness (QED) is 0.852. The second-order valence-corrected chi connectivity index (χ2v) is 6.22. The smallest absolute Gasteiger partial charge is 0.169 e. The largest absolute Gasteiger partial charge is 0.360 e. The maximum atomic E-state index is 5.45. The Bertz CT molecular complexity index is 416. The van der Waals surface area contributed by atoms with Gasteiger partial charge in [0.25, 0.3) is 0 Å². The summed E-state index contributed by atoms with van der Waals surface area (Å²) in [6, 6.07) is 8.94. The number of hydrogen-bond donors (Lipinski definition) is 1. The molecule has 0 spiro atoms. The molecule has 0 heterocycles. The maximum Gasteiger partial charge on any atom is 0.169 e. The highest BCUT2D eigenvalue weighted by Gasteiger charge is 2.16. The van der Waals surface area contributed by atoms with Crippen LogP contribution >= 0.6 is 28.1 Å². The average Bonchev–Trinajstić information content (AvgIpc) is 2.81. The van der Waals surface area contributed by atoms with Gasteiger partial charge in [0.05, 0.1) is 0 Å². The lowest BCUT2D eigenvalue weighted by Gasteiger charge is -2.24. The molecular formula is C14H19BrN2S. The van der Waals surface area contributed by atoms with Crippen LogP contribution < -0.4 is 5.32 Å². The third kappa shape index (κ3) is 3.95. The Morgan fingerprint density at radius 2 is 2.17 bits per heavy atom. The first-order valence-electron chi connectivity index (χ1n) is 6.41. The van der Waals surface area contributed by atoms with Crippen molar-refractivity contribution in [1.29, 1.82) is 0 Å². The molecule has 98 valence electrons. The molecule has 0 atom stereocenters. The Morgan fingerprint density at radius 3 is 2.83 bits per heavy atom. The Labute approximate surface area is 123 Å². The van der Waals surface area contributed by atoms with Crippen LogP contribution in [0.2, 0.25) is 0 Å². The van der Waals surface area contributed by atoms with Crippen molar-refractivity contribution in [2.45, 2.75) is 38.3 Å². The lowest BCUT2D eigenvalue weighted by molar-refractivity contribution is 0.471. The molecule has 4 heteroatoms. The molecule has 0 aromatic heterocycles. The van der Waals surface area contributed by atoms with Crippen LogP contribution in [-0.4, -0.2) is 23.1 Å². The maximum absolute atomic E-state index is 5.45. The molecule has 18 heavy (non-hydrogen) atoms. The lowest BCUT2D eigenvalue weighted by atomic mass is 10.2. The first-order valence-corrected chi connectivity index (χ1v) is 7.61. The number of halogens is 1. The van der Waals surface area contributed by atoms with Crippen LogP contribution in [0.25, 0.3) is 0 Å². The van der Waals surface area contributed by atoms with Crippen molar-refractivity contribution in [2.24, 2.45) is 0 Å². The Hall–Kier alpha value is -0.610. The normalized spacial score (nSPS) is 15.7. The van der Waals surface area contributed by atoms with E-state index < -0.39 is 0 Å². The summed E-state index contributed by atoms with van der Waals surface area (Å²) in [5.74, 6) is 0. The van der Waals surface area contributed by atoms with Gasteiger partial charge in [0.15, 0.2) is 5.11 Å². The van der Waals surface area contributed by atoms with Crippen LogP contribution in [0.3, 0.4) is 0 Å². The molecule has 1 N–H and O–H groups in total. The standard InChI is InChI=1S/C14H19BrN2S/c1-17(10-11-5-4-6-12(15)9-11)14(18)16-13-7-2-3-8-13/h4-6,9,13H,2-3,7-8,10H2,1H3,(H,16,18). The van der Waals surface area contributed by atoms with E-state index in [4.69, 9.17) is 12.2 Å². The third-order valence-electron chi connectivity index (χ3n) is 3.34. The highest BCUT2D eigenvalue weighted by Crippen LogP contribution is 2.18. The molecule has 2 nitrogen and oxygen atoms in total. The van der Waals surface area contributed by atoms with Gasteiger partial charge in [-0.1, -0.05) is 40.9 Å². The van der Waals surface area contributed by atoms with Crippen LogP contribution in [-0.2, 0) is 6.54 Å². The minimum atomic E-state index is 0.586. The topological polar surface area (TPSA) is 15.3 Å². The number of thiocarbonyl (C=S) groups is 1. The monoisotopic (exact) mass is 326 g/mol. The molecule has 1 aromatic carbocycles. The Balaban J connectivity index is 1.86. The number of nitrogens with one attached hydrogen (secondary N) is 1. The van der Waals surface area contributed by atoms with Crippen LogP contribution in [0.4, 0.5) is 0 Å². The van der Waals surface area contributed by atoms with Crippen molar-refractivity contribution in [3.8, 4) is 0 Å². The minimum Gasteiger partial charge on any atom is -0.360 e. The molecule has 0 unspecified atom stereocenters. The molecule has 2 rings (SSSR count). The van der Waals surface area contributed by atoms with Crippen LogP contribution in [0.5, 0.6) is 0 Å². The number of hydrogen-bond acceptors (Lipinski definition) is 1. The first-order chi connectivity index (χ1) is 8.65. The predicted molar refractivity (Wildman–Crippen MR) is 83.6 cm³/mol. The van der Waals surface area contributed by atoms with Gasteiger partial charge in [0.1, 0.15) is 0 Å². The summed E-state index contributed by atoms with van der Waals surface area (Å²) in [5.41, 5.74) is 1.27. The van der Waals surface area contributed by atoms with Crippen molar-refractivity contribution in [3.05, 3.63) is 34.3 Å². The van der Waals surface area contributed by atoms with E-state index in [1.165, 1.54) is 31.2 Å². The van der Waals surface area contributed by atoms with E-state index in [9.17, 15) is 0 Å². The van der Waals surface area contributed by atoms with Gasteiger partial charge in [-0.05, 0) is 42.8 Å². The zero-order valence-corrected chi connectivity index (χ0v) is 13.1. The van der Waals surface area contributed by atoms with Gasteiger partial charge < -0.3 is 10.2 Å². The van der Waals surface area contributed by atoms with E-state index in [2.05, 4.69) is 44.3 Å². The zero-order valence-electron chi connectivity index (χ0n) is 10.7. The molecule has 1 fully saturated rings. The fourth-order valence-electron chi connectivity index (χ4n) is 2.34. The summed E-state index contributed by atoms with van der Waals surface area (Å²) in [6.45, 7) is 0.845. The molecule has 0 radical (unpaired) electrons. The predicted octanol–water partition coefficient (Wildman–Crippen LogP) is 3.70. The summed E-state index contributed by atoms with van der Waals surface area (Å²) in [5, 5.41) is 4.32. The summed E-state index contributed by atoms with van der Waals surface area (Å²) in [4.78, 5) is 2.11. The summed E-state index contributed by atoms with van der Waals surface area (Å²) in [7, 11) is 2.05. The van der Waals surface area contributed by atoms with Crippen LogP contribution in [0.1, 0.15) is 31.2 Å². The molecule has 0 saturated heterocycles. The third-order valence-corrected chi connectivity index (χ3v) is 4.26. The molecule has 1 aliphatic carbocycles. The zero-order chi connectivity index (χ0) is 13.0. The number of nitrogens with zero attached hydrogens (tertiary/aromatic N) is 1. The minimum absolute atomic E-state index is 0.586. The summed E-state index contributed by atoms with van der Waals surface area (Å²) < 4.78 is 1.11. The lowest BCUT2D eigenvalue weighted by Crippen LogP contribution is -2.41. The van der Waals surface area contributed by atoms with Crippen LogP contribution in [0.15, 0.2) is 28.7 Å². The first kappa shape index (κ1) is 13.8. The molecule has 1 aliphatic rings. The second kappa shape index (κ2) is 6.53. The molecule has 1 saturated carbocycles. The van der Waals surface area contributed by atoms with Gasteiger partial charge in [-0.3, -0.25) is 0 Å². The SMILES string of the molecule is CN(Cc1cccc(Br)c1)C(=S)NC1CCCC1. The van der Waals surface area contributed by atoms with E-state index in [0.717, 1.165) is 16.1 Å². The molecule has 0 aliphatic heterocycles. The second-order valence-electron chi connectivity index (χ2n) is 4.92. The average molecular weight is 327 g/mol. The van der Waals surface area contributed by atoms with Gasteiger partial charge in [0.2, 0.25) is 0 Å². The molecule has 0 amide bonds. The van der Waals surface area contributed by atoms with E-state index >= 15 is 0 Å². The van der Waals surface area contributed by atoms with Gasteiger partial charge in [-0.15, -0.1) is 0 Å².